The summed E-state index contributed by atoms with van der Waals surface area (Å²) in [5, 5.41) is 16.3. The highest BCUT2D eigenvalue weighted by atomic mass is 32.2. The minimum absolute atomic E-state index is 0.0904. The summed E-state index contributed by atoms with van der Waals surface area (Å²) in [5.74, 6) is -0.312. The molecule has 154 valence electrons. The van der Waals surface area contributed by atoms with E-state index in [1.807, 2.05) is 6.92 Å². The van der Waals surface area contributed by atoms with Crippen molar-refractivity contribution in [3.63, 3.8) is 0 Å². The minimum Gasteiger partial charge on any atom is -0.401 e. The second kappa shape index (κ2) is 7.69. The Morgan fingerprint density at radius 2 is 2.17 bits per heavy atom. The number of aromatic nitrogens is 4. The van der Waals surface area contributed by atoms with Gasteiger partial charge in [-0.1, -0.05) is 17.6 Å². The fraction of sp³-hybridized carbons (Fsp3) is 0.412. The van der Waals surface area contributed by atoms with Gasteiger partial charge in [-0.2, -0.15) is 9.40 Å². The molecule has 3 aromatic heterocycles. The van der Waals surface area contributed by atoms with Crippen LogP contribution >= 0.6 is 11.3 Å². The number of amides is 1. The van der Waals surface area contributed by atoms with E-state index in [1.54, 1.807) is 35.3 Å². The molecule has 0 radical (unpaired) electrons. The number of hydrogen-bond acceptors (Lipinski definition) is 8. The molecule has 0 spiro atoms. The number of hydrogen-bond donors (Lipinski definition) is 1. The molecule has 0 aromatic carbocycles. The van der Waals surface area contributed by atoms with Crippen LogP contribution in [0.15, 0.2) is 32.2 Å². The maximum absolute atomic E-state index is 12.9. The summed E-state index contributed by atoms with van der Waals surface area (Å²) in [5.41, 5.74) is 1.41. The average molecular weight is 437 g/mol. The van der Waals surface area contributed by atoms with Crippen molar-refractivity contribution in [1.82, 2.24) is 24.3 Å². The number of aryl methyl sites for hydroxylation is 2. The van der Waals surface area contributed by atoms with Crippen LogP contribution in [-0.4, -0.2) is 51.2 Å². The lowest BCUT2D eigenvalue weighted by Gasteiger charge is -2.32. The van der Waals surface area contributed by atoms with Crippen molar-refractivity contribution >= 4 is 33.3 Å². The molecule has 0 bridgehead atoms. The van der Waals surface area contributed by atoms with Crippen LogP contribution in [0.25, 0.3) is 11.6 Å². The van der Waals surface area contributed by atoms with E-state index in [2.05, 4.69) is 20.6 Å². The standard InChI is InChI=1S/C17H20N6O4S2/c1-11-10-12(21-22(11)2)16-19-20-17(27-16)18-15(24)13-6-3-4-8-23(13)29(25,26)14-7-5-9-28-14/h5,7,9-10,13H,3-4,6,8H2,1-2H3,(H,18,20,24)/t13-/m1/s1. The average Bonchev–Trinajstić information content (AvgIpc) is 3.44. The van der Waals surface area contributed by atoms with Crippen molar-refractivity contribution < 1.29 is 17.6 Å². The van der Waals surface area contributed by atoms with Crippen LogP contribution in [-0.2, 0) is 21.9 Å². The van der Waals surface area contributed by atoms with Crippen LogP contribution < -0.4 is 5.32 Å². The van der Waals surface area contributed by atoms with E-state index >= 15 is 0 Å². The number of sulfonamides is 1. The SMILES string of the molecule is Cc1cc(-c2nnc(NC(=O)[C@H]3CCCCN3S(=O)(=O)c3cccs3)o2)nn1C. The van der Waals surface area contributed by atoms with Crippen molar-refractivity contribution in [1.29, 1.82) is 0 Å². The van der Waals surface area contributed by atoms with Crippen LogP contribution in [0.3, 0.4) is 0 Å². The Morgan fingerprint density at radius 3 is 2.86 bits per heavy atom. The minimum atomic E-state index is -3.73. The first-order valence-corrected chi connectivity index (χ1v) is 11.4. The highest BCUT2D eigenvalue weighted by molar-refractivity contribution is 7.91. The Bertz CT molecular complexity index is 1100. The molecular weight excluding hydrogens is 416 g/mol. The van der Waals surface area contributed by atoms with Gasteiger partial charge in [0, 0.05) is 19.3 Å². The van der Waals surface area contributed by atoms with Crippen molar-refractivity contribution in [3.8, 4) is 11.6 Å². The molecule has 0 aliphatic carbocycles. The van der Waals surface area contributed by atoms with Gasteiger partial charge in [0.2, 0.25) is 5.91 Å². The molecule has 1 aliphatic rings. The van der Waals surface area contributed by atoms with Crippen molar-refractivity contribution in [3.05, 3.63) is 29.3 Å². The van der Waals surface area contributed by atoms with Gasteiger partial charge in [-0.25, -0.2) is 8.42 Å². The van der Waals surface area contributed by atoms with Gasteiger partial charge in [0.1, 0.15) is 15.9 Å². The first kappa shape index (κ1) is 19.7. The van der Waals surface area contributed by atoms with E-state index < -0.39 is 22.0 Å². The Morgan fingerprint density at radius 1 is 1.34 bits per heavy atom. The van der Waals surface area contributed by atoms with Gasteiger partial charge in [-0.15, -0.1) is 16.4 Å². The molecule has 1 saturated heterocycles. The molecule has 1 amide bonds. The van der Waals surface area contributed by atoms with Gasteiger partial charge in [0.15, 0.2) is 0 Å². The number of carbonyl (C=O) groups is 1. The summed E-state index contributed by atoms with van der Waals surface area (Å²) < 4.78 is 34.5. The molecule has 0 saturated carbocycles. The first-order valence-electron chi connectivity index (χ1n) is 9.07. The quantitative estimate of drug-likeness (QED) is 0.649. The Balaban J connectivity index is 1.52. The number of thiophene rings is 1. The summed E-state index contributed by atoms with van der Waals surface area (Å²) in [6.45, 7) is 2.18. The predicted octanol–water partition coefficient (Wildman–Crippen LogP) is 2.02. The molecule has 10 nitrogen and oxygen atoms in total. The van der Waals surface area contributed by atoms with Crippen molar-refractivity contribution in [2.75, 3.05) is 11.9 Å². The largest absolute Gasteiger partial charge is 0.401 e. The summed E-state index contributed by atoms with van der Waals surface area (Å²) in [6, 6.07) is 4.09. The molecule has 3 aromatic rings. The maximum atomic E-state index is 12.9. The van der Waals surface area contributed by atoms with E-state index in [4.69, 9.17) is 4.42 Å². The van der Waals surface area contributed by atoms with Gasteiger partial charge in [-0.3, -0.25) is 14.8 Å². The summed E-state index contributed by atoms with van der Waals surface area (Å²) >= 11 is 1.13. The highest BCUT2D eigenvalue weighted by Gasteiger charge is 2.38. The van der Waals surface area contributed by atoms with Crippen LogP contribution in [0.2, 0.25) is 0 Å². The Hall–Kier alpha value is -2.57. The molecule has 4 heterocycles. The fourth-order valence-corrected chi connectivity index (χ4v) is 5.99. The lowest BCUT2D eigenvalue weighted by atomic mass is 10.0. The normalized spacial score (nSPS) is 18.1. The molecule has 29 heavy (non-hydrogen) atoms. The number of nitrogens with one attached hydrogen (secondary N) is 1. The molecule has 1 atom stereocenters. The second-order valence-electron chi connectivity index (χ2n) is 6.76. The molecular formula is C17H20N6O4S2. The van der Waals surface area contributed by atoms with E-state index in [1.165, 1.54) is 4.31 Å². The monoisotopic (exact) mass is 436 g/mol. The molecule has 1 fully saturated rings. The van der Waals surface area contributed by atoms with Gasteiger partial charge >= 0.3 is 6.01 Å². The van der Waals surface area contributed by atoms with E-state index in [0.717, 1.165) is 23.5 Å². The second-order valence-corrected chi connectivity index (χ2v) is 9.82. The van der Waals surface area contributed by atoms with E-state index in [-0.39, 0.29) is 16.1 Å². The lowest BCUT2D eigenvalue weighted by Crippen LogP contribution is -2.49. The fourth-order valence-electron chi connectivity index (χ4n) is 3.21. The van der Waals surface area contributed by atoms with Crippen LogP contribution in [0.4, 0.5) is 6.01 Å². The summed E-state index contributed by atoms with van der Waals surface area (Å²) in [6.07, 6.45) is 1.89. The topological polar surface area (TPSA) is 123 Å². The number of rotatable bonds is 5. The zero-order valence-electron chi connectivity index (χ0n) is 15.9. The number of piperidine rings is 1. The highest BCUT2D eigenvalue weighted by Crippen LogP contribution is 2.28. The summed E-state index contributed by atoms with van der Waals surface area (Å²) in [7, 11) is -1.94. The van der Waals surface area contributed by atoms with Gasteiger partial charge in [-0.05, 0) is 37.3 Å². The third-order valence-electron chi connectivity index (χ3n) is 4.80. The molecule has 1 aliphatic heterocycles. The van der Waals surface area contributed by atoms with Crippen LogP contribution in [0, 0.1) is 6.92 Å². The smallest absolute Gasteiger partial charge is 0.322 e. The molecule has 12 heteroatoms. The van der Waals surface area contributed by atoms with Crippen LogP contribution in [0.1, 0.15) is 25.0 Å². The first-order chi connectivity index (χ1) is 13.9. The molecule has 0 unspecified atom stereocenters. The van der Waals surface area contributed by atoms with Gasteiger partial charge in [0.25, 0.3) is 15.9 Å². The van der Waals surface area contributed by atoms with Gasteiger partial charge in [0.05, 0.1) is 0 Å². The summed E-state index contributed by atoms with van der Waals surface area (Å²) in [4.78, 5) is 12.8. The van der Waals surface area contributed by atoms with Gasteiger partial charge < -0.3 is 4.42 Å². The predicted molar refractivity (Wildman–Crippen MR) is 106 cm³/mol. The van der Waals surface area contributed by atoms with Crippen molar-refractivity contribution in [2.24, 2.45) is 7.05 Å². The molecule has 4 rings (SSSR count). The third-order valence-corrected chi connectivity index (χ3v) is 8.08. The number of nitrogens with zero attached hydrogens (tertiary/aromatic N) is 5. The van der Waals surface area contributed by atoms with E-state index in [9.17, 15) is 13.2 Å². The van der Waals surface area contributed by atoms with Crippen molar-refractivity contribution in [2.45, 2.75) is 36.4 Å². The lowest BCUT2D eigenvalue weighted by molar-refractivity contribution is -0.120. The third kappa shape index (κ3) is 3.82. The zero-order chi connectivity index (χ0) is 20.6. The zero-order valence-corrected chi connectivity index (χ0v) is 17.5. The Labute approximate surface area is 171 Å². The Kier molecular flexibility index (Phi) is 5.23. The molecule has 1 N–H and O–H groups in total. The number of carbonyl (C=O) groups excluding carboxylic acids is 1. The van der Waals surface area contributed by atoms with E-state index in [0.29, 0.717) is 25.1 Å². The number of anilines is 1. The van der Waals surface area contributed by atoms with Crippen LogP contribution in [0.5, 0.6) is 0 Å². The maximum Gasteiger partial charge on any atom is 0.322 e.